The van der Waals surface area contributed by atoms with Crippen molar-refractivity contribution in [2.24, 2.45) is 11.8 Å². The van der Waals surface area contributed by atoms with Gasteiger partial charge in [-0.3, -0.25) is 0 Å². The average molecular weight is 298 g/mol. The molecule has 0 aliphatic heterocycles. The standard InChI is InChI=1S/C14H17BrFN/c15-13-5-4-11(16)6-10(13)8-17-14-3-1-2-9-7-12(9)14/h4-6,9,12,14,17H,1-3,7-8H2/t9-,12+,14?/m0/s1. The monoisotopic (exact) mass is 297 g/mol. The molecule has 2 saturated carbocycles. The Balaban J connectivity index is 1.61. The van der Waals surface area contributed by atoms with Crippen LogP contribution in [0.2, 0.25) is 0 Å². The maximum absolute atomic E-state index is 13.1. The zero-order valence-electron chi connectivity index (χ0n) is 9.76. The Hall–Kier alpha value is -0.410. The first-order chi connectivity index (χ1) is 8.24. The lowest BCUT2D eigenvalue weighted by atomic mass is 9.95. The summed E-state index contributed by atoms with van der Waals surface area (Å²) in [4.78, 5) is 0. The molecular formula is C14H17BrFN. The summed E-state index contributed by atoms with van der Waals surface area (Å²) >= 11 is 3.47. The zero-order valence-corrected chi connectivity index (χ0v) is 11.3. The highest BCUT2D eigenvalue weighted by atomic mass is 79.9. The van der Waals surface area contributed by atoms with Crippen molar-refractivity contribution < 1.29 is 4.39 Å². The highest BCUT2D eigenvalue weighted by Gasteiger charge is 2.44. The molecule has 1 aromatic rings. The molecule has 2 aliphatic carbocycles. The maximum Gasteiger partial charge on any atom is 0.123 e. The molecule has 2 fully saturated rings. The van der Waals surface area contributed by atoms with E-state index in [1.54, 1.807) is 12.1 Å². The van der Waals surface area contributed by atoms with Gasteiger partial charge in [0.15, 0.2) is 0 Å². The Morgan fingerprint density at radius 3 is 3.12 bits per heavy atom. The second kappa shape index (κ2) is 4.69. The molecule has 0 radical (unpaired) electrons. The van der Waals surface area contributed by atoms with Gasteiger partial charge in [-0.2, -0.15) is 0 Å². The maximum atomic E-state index is 13.1. The van der Waals surface area contributed by atoms with E-state index >= 15 is 0 Å². The summed E-state index contributed by atoms with van der Waals surface area (Å²) in [7, 11) is 0. The van der Waals surface area contributed by atoms with Gasteiger partial charge in [-0.1, -0.05) is 28.8 Å². The first-order valence-electron chi connectivity index (χ1n) is 6.41. The van der Waals surface area contributed by atoms with Crippen LogP contribution in [0.1, 0.15) is 31.2 Å². The van der Waals surface area contributed by atoms with Gasteiger partial charge < -0.3 is 5.32 Å². The molecular weight excluding hydrogens is 281 g/mol. The van der Waals surface area contributed by atoms with Crippen molar-refractivity contribution in [2.45, 2.75) is 38.3 Å². The fourth-order valence-corrected chi connectivity index (χ4v) is 3.47. The van der Waals surface area contributed by atoms with Crippen LogP contribution < -0.4 is 5.32 Å². The van der Waals surface area contributed by atoms with E-state index in [1.807, 2.05) is 0 Å². The average Bonchev–Trinajstić information content (AvgIpc) is 3.10. The Morgan fingerprint density at radius 2 is 2.24 bits per heavy atom. The van der Waals surface area contributed by atoms with Crippen LogP contribution in [-0.4, -0.2) is 6.04 Å². The first kappa shape index (κ1) is 11.7. The van der Waals surface area contributed by atoms with Gasteiger partial charge in [0, 0.05) is 17.1 Å². The van der Waals surface area contributed by atoms with Crippen molar-refractivity contribution in [3.63, 3.8) is 0 Å². The highest BCUT2D eigenvalue weighted by molar-refractivity contribution is 9.10. The quantitative estimate of drug-likeness (QED) is 0.893. The van der Waals surface area contributed by atoms with Crippen molar-refractivity contribution in [3.8, 4) is 0 Å². The molecule has 1 unspecified atom stereocenters. The summed E-state index contributed by atoms with van der Waals surface area (Å²) in [6, 6.07) is 5.55. The Bertz CT molecular complexity index is 421. The minimum Gasteiger partial charge on any atom is -0.310 e. The second-order valence-corrected chi connectivity index (χ2v) is 6.17. The largest absolute Gasteiger partial charge is 0.310 e. The molecule has 92 valence electrons. The van der Waals surface area contributed by atoms with Crippen LogP contribution in [0.4, 0.5) is 4.39 Å². The predicted molar refractivity (Wildman–Crippen MR) is 70.2 cm³/mol. The number of benzene rings is 1. The van der Waals surface area contributed by atoms with Gasteiger partial charge in [-0.15, -0.1) is 0 Å². The topological polar surface area (TPSA) is 12.0 Å². The number of fused-ring (bicyclic) bond motifs is 1. The first-order valence-corrected chi connectivity index (χ1v) is 7.20. The molecule has 3 rings (SSSR count). The third-order valence-electron chi connectivity index (χ3n) is 4.15. The molecule has 3 atom stereocenters. The lowest BCUT2D eigenvalue weighted by Crippen LogP contribution is -2.33. The van der Waals surface area contributed by atoms with E-state index in [0.29, 0.717) is 6.04 Å². The van der Waals surface area contributed by atoms with E-state index in [-0.39, 0.29) is 5.82 Å². The van der Waals surface area contributed by atoms with Crippen LogP contribution in [0.15, 0.2) is 22.7 Å². The van der Waals surface area contributed by atoms with E-state index in [9.17, 15) is 4.39 Å². The van der Waals surface area contributed by atoms with Gasteiger partial charge in [0.05, 0.1) is 0 Å². The summed E-state index contributed by atoms with van der Waals surface area (Å²) in [5.41, 5.74) is 1.02. The van der Waals surface area contributed by atoms with Crippen LogP contribution in [0.25, 0.3) is 0 Å². The third-order valence-corrected chi connectivity index (χ3v) is 4.92. The van der Waals surface area contributed by atoms with Gasteiger partial charge in [0.2, 0.25) is 0 Å². The van der Waals surface area contributed by atoms with Gasteiger partial charge in [-0.25, -0.2) is 4.39 Å². The second-order valence-electron chi connectivity index (χ2n) is 5.31. The lowest BCUT2D eigenvalue weighted by Gasteiger charge is -2.23. The molecule has 3 heteroatoms. The molecule has 0 spiro atoms. The molecule has 0 amide bonds. The molecule has 0 bridgehead atoms. The van der Waals surface area contributed by atoms with Crippen molar-refractivity contribution in [2.75, 3.05) is 0 Å². The van der Waals surface area contributed by atoms with Crippen molar-refractivity contribution in [1.29, 1.82) is 0 Å². The zero-order chi connectivity index (χ0) is 11.8. The minimum atomic E-state index is -0.155. The fraction of sp³-hybridized carbons (Fsp3) is 0.571. The van der Waals surface area contributed by atoms with Crippen LogP contribution in [0.3, 0.4) is 0 Å². The van der Waals surface area contributed by atoms with Crippen LogP contribution in [-0.2, 0) is 6.54 Å². The van der Waals surface area contributed by atoms with E-state index in [4.69, 9.17) is 0 Å². The lowest BCUT2D eigenvalue weighted by molar-refractivity contribution is 0.352. The Kier molecular flexibility index (Phi) is 3.22. The molecule has 1 nitrogen and oxygen atoms in total. The molecule has 0 aromatic heterocycles. The molecule has 0 heterocycles. The fourth-order valence-electron chi connectivity index (χ4n) is 3.08. The van der Waals surface area contributed by atoms with Gasteiger partial charge in [0.25, 0.3) is 0 Å². The Morgan fingerprint density at radius 1 is 1.35 bits per heavy atom. The SMILES string of the molecule is Fc1ccc(Br)c(CNC2CCC[C@H]3C[C@@H]23)c1. The van der Waals surface area contributed by atoms with Gasteiger partial charge >= 0.3 is 0 Å². The van der Waals surface area contributed by atoms with Crippen molar-refractivity contribution in [1.82, 2.24) is 5.32 Å². The van der Waals surface area contributed by atoms with E-state index in [1.165, 1.54) is 31.7 Å². The summed E-state index contributed by atoms with van der Waals surface area (Å²) in [5.74, 6) is 1.73. The third kappa shape index (κ3) is 2.55. The predicted octanol–water partition coefficient (Wildman–Crippen LogP) is 3.87. The number of rotatable bonds is 3. The molecule has 1 N–H and O–H groups in total. The number of hydrogen-bond donors (Lipinski definition) is 1. The van der Waals surface area contributed by atoms with Crippen LogP contribution in [0.5, 0.6) is 0 Å². The molecule has 2 aliphatic rings. The van der Waals surface area contributed by atoms with Crippen molar-refractivity contribution >= 4 is 15.9 Å². The summed E-state index contributed by atoms with van der Waals surface area (Å²) in [5, 5.41) is 3.60. The van der Waals surface area contributed by atoms with Crippen LogP contribution in [0, 0.1) is 17.7 Å². The van der Waals surface area contributed by atoms with Crippen molar-refractivity contribution in [3.05, 3.63) is 34.1 Å². The van der Waals surface area contributed by atoms with E-state index < -0.39 is 0 Å². The Labute approximate surface area is 110 Å². The van der Waals surface area contributed by atoms with Gasteiger partial charge in [0.1, 0.15) is 5.82 Å². The minimum absolute atomic E-state index is 0.155. The van der Waals surface area contributed by atoms with E-state index in [2.05, 4.69) is 21.2 Å². The highest BCUT2D eigenvalue weighted by Crippen LogP contribution is 2.49. The number of hydrogen-bond acceptors (Lipinski definition) is 1. The summed E-state index contributed by atoms with van der Waals surface area (Å²) in [6.07, 6.45) is 5.46. The summed E-state index contributed by atoms with van der Waals surface area (Å²) < 4.78 is 14.1. The smallest absolute Gasteiger partial charge is 0.123 e. The molecule has 1 aromatic carbocycles. The van der Waals surface area contributed by atoms with E-state index in [0.717, 1.165) is 28.4 Å². The van der Waals surface area contributed by atoms with Crippen LogP contribution >= 0.6 is 15.9 Å². The normalized spacial score (nSPS) is 31.1. The number of halogens is 2. The number of nitrogens with one attached hydrogen (secondary N) is 1. The van der Waals surface area contributed by atoms with Gasteiger partial charge in [-0.05, 0) is 48.4 Å². The molecule has 0 saturated heterocycles. The summed E-state index contributed by atoms with van der Waals surface area (Å²) in [6.45, 7) is 0.770. The molecule has 17 heavy (non-hydrogen) atoms.